The number of likely N-dealkylation sites (N-methyl/N-ethyl adjacent to an activating group) is 1. The first-order chi connectivity index (χ1) is 22.8. The van der Waals surface area contributed by atoms with E-state index in [9.17, 15) is 19.8 Å². The second-order valence-electron chi connectivity index (χ2n) is 12.2. The van der Waals surface area contributed by atoms with Crippen molar-refractivity contribution in [2.45, 2.75) is 76.5 Å². The molecule has 6 atom stereocenters. The summed E-state index contributed by atoms with van der Waals surface area (Å²) in [4.78, 5) is 32.7. The number of nitrogens with zero attached hydrogens (tertiary/aromatic N) is 2. The monoisotopic (exact) mass is 657 g/mol. The lowest BCUT2D eigenvalue weighted by molar-refractivity contribution is -0.253. The number of hydrogen-bond acceptors (Lipinski definition) is 10. The Labute approximate surface area is 277 Å². The molecule has 4 rings (SSSR count). The number of nitrogens with one attached hydrogen (secondary N) is 1. The van der Waals surface area contributed by atoms with Crippen LogP contribution in [-0.2, 0) is 14.3 Å². The summed E-state index contributed by atoms with van der Waals surface area (Å²) in [5, 5.41) is 26.5. The van der Waals surface area contributed by atoms with Crippen LogP contribution in [0.4, 0.5) is 9.59 Å². The molecule has 47 heavy (non-hydrogen) atoms. The molecule has 3 N–H and O–H groups in total. The quantitative estimate of drug-likeness (QED) is 0.125. The molecule has 1 heterocycles. The Morgan fingerprint density at radius 3 is 2.57 bits per heavy atom. The minimum Gasteiger partial charge on any atom is -0.459 e. The van der Waals surface area contributed by atoms with Crippen LogP contribution in [0.1, 0.15) is 70.3 Å². The van der Waals surface area contributed by atoms with Gasteiger partial charge in [0.25, 0.3) is 0 Å². The number of rotatable bonds is 16. The number of ether oxygens (including phenoxy) is 4. The lowest BCUT2D eigenvalue weighted by atomic mass is 9.55. The summed E-state index contributed by atoms with van der Waals surface area (Å²) in [6.07, 6.45) is 7.70. The molecule has 3 aliphatic rings. The van der Waals surface area contributed by atoms with E-state index in [2.05, 4.69) is 23.1 Å². The number of unbranched alkanes of at least 4 members (excludes halogenated alkanes) is 2. The van der Waals surface area contributed by atoms with E-state index in [4.69, 9.17) is 23.8 Å². The molecule has 0 spiro atoms. The van der Waals surface area contributed by atoms with Gasteiger partial charge in [-0.1, -0.05) is 30.1 Å². The van der Waals surface area contributed by atoms with Gasteiger partial charge < -0.3 is 44.2 Å². The van der Waals surface area contributed by atoms with Crippen LogP contribution in [-0.4, -0.2) is 92.0 Å². The van der Waals surface area contributed by atoms with Gasteiger partial charge in [0.05, 0.1) is 24.8 Å². The normalized spacial score (nSPS) is 26.6. The molecule has 1 fully saturated rings. The first-order valence-corrected chi connectivity index (χ1v) is 16.8. The summed E-state index contributed by atoms with van der Waals surface area (Å²) in [7, 11) is 3.18. The highest BCUT2D eigenvalue weighted by Crippen LogP contribution is 2.61. The van der Waals surface area contributed by atoms with E-state index < -0.39 is 29.9 Å². The maximum atomic E-state index is 13.3. The number of allylic oxidation sites excluding steroid dienone is 1. The number of carbonyl (C=O) groups is 2. The van der Waals surface area contributed by atoms with Gasteiger partial charge in [-0.25, -0.2) is 9.59 Å². The van der Waals surface area contributed by atoms with Crippen molar-refractivity contribution in [1.29, 1.82) is 0 Å². The predicted octanol–water partition coefficient (Wildman–Crippen LogP) is 5.15. The number of aliphatic hydroxyl groups excluding tert-OH is 2. The number of benzene rings is 1. The molecular formula is C35H51N3O9. The number of hydrogen-bond donors (Lipinski definition) is 3. The fourth-order valence-electron chi connectivity index (χ4n) is 7.54. The molecule has 1 saturated carbocycles. The van der Waals surface area contributed by atoms with E-state index in [-0.39, 0.29) is 50.6 Å². The Hall–Kier alpha value is -3.61. The van der Waals surface area contributed by atoms with E-state index in [1.165, 1.54) is 12.0 Å². The molecule has 1 aliphatic heterocycles. The summed E-state index contributed by atoms with van der Waals surface area (Å²) < 4.78 is 24.8. The Kier molecular flexibility index (Phi) is 13.1. The number of oxime groups is 1. The molecule has 0 radical (unpaired) electrons. The van der Waals surface area contributed by atoms with Gasteiger partial charge in [0.2, 0.25) is 5.79 Å². The van der Waals surface area contributed by atoms with Gasteiger partial charge in [-0.05, 0) is 75.1 Å². The van der Waals surface area contributed by atoms with Crippen molar-refractivity contribution in [2.75, 3.05) is 47.1 Å². The van der Waals surface area contributed by atoms with Gasteiger partial charge in [0.1, 0.15) is 24.7 Å². The van der Waals surface area contributed by atoms with Crippen LogP contribution in [0.25, 0.3) is 0 Å². The zero-order valence-corrected chi connectivity index (χ0v) is 28.1. The van der Waals surface area contributed by atoms with Crippen LogP contribution in [0.15, 0.2) is 47.7 Å². The van der Waals surface area contributed by atoms with E-state index >= 15 is 0 Å². The first-order valence-electron chi connectivity index (χ1n) is 16.8. The molecule has 12 heteroatoms. The molecule has 0 aromatic heterocycles. The lowest BCUT2D eigenvalue weighted by Gasteiger charge is -2.59. The van der Waals surface area contributed by atoms with Crippen LogP contribution in [0.3, 0.4) is 0 Å². The standard InChI is InChI=1S/C35H51N3O9/c1-6-19-45-35-30(38(4)34(42)44-8-3)22-28(37-43-5)26-20-23(13-9-11-17-39)25(14-10-12-18-40)31(32(26)35)27-21-24(15-16-29(27)47-35)46-33(41)36-7-2/h6,15-16,20-21,23,25,30-32,39-40H,1,7-14,17-19,22H2,2-5H3,(H,36,41)/t23-,25+,30-,31+,32+,35+/m0/s1. The van der Waals surface area contributed by atoms with E-state index in [0.717, 1.165) is 36.8 Å². The van der Waals surface area contributed by atoms with Crippen molar-refractivity contribution in [3.8, 4) is 11.5 Å². The van der Waals surface area contributed by atoms with Gasteiger partial charge in [-0.2, -0.15) is 0 Å². The smallest absolute Gasteiger partial charge is 0.412 e. The van der Waals surface area contributed by atoms with Gasteiger partial charge in [-0.3, -0.25) is 0 Å². The molecule has 2 aliphatic carbocycles. The Balaban J connectivity index is 1.99. The molecule has 1 aromatic rings. The molecule has 0 bridgehead atoms. The third kappa shape index (κ3) is 7.76. The fraction of sp³-hybridized carbons (Fsp3) is 0.629. The zero-order chi connectivity index (χ0) is 34.0. The number of fused-ring (bicyclic) bond motifs is 2. The number of amides is 2. The Morgan fingerprint density at radius 2 is 1.91 bits per heavy atom. The minimum atomic E-state index is -1.36. The van der Waals surface area contributed by atoms with Gasteiger partial charge >= 0.3 is 12.2 Å². The maximum absolute atomic E-state index is 13.3. The third-order valence-electron chi connectivity index (χ3n) is 9.40. The zero-order valence-electron chi connectivity index (χ0n) is 28.1. The van der Waals surface area contributed by atoms with Crippen LogP contribution < -0.4 is 14.8 Å². The van der Waals surface area contributed by atoms with Gasteiger partial charge in [0, 0.05) is 44.7 Å². The maximum Gasteiger partial charge on any atom is 0.412 e. The molecule has 0 unspecified atom stereocenters. The van der Waals surface area contributed by atoms with E-state index in [0.29, 0.717) is 36.6 Å². The third-order valence-corrected chi connectivity index (χ3v) is 9.40. The average Bonchev–Trinajstić information content (AvgIpc) is 3.06. The summed E-state index contributed by atoms with van der Waals surface area (Å²) in [5.41, 5.74) is 2.46. The van der Waals surface area contributed by atoms with Crippen molar-refractivity contribution in [2.24, 2.45) is 22.9 Å². The highest BCUT2D eigenvalue weighted by atomic mass is 16.7. The van der Waals surface area contributed by atoms with Crippen molar-refractivity contribution in [1.82, 2.24) is 10.2 Å². The Morgan fingerprint density at radius 1 is 1.17 bits per heavy atom. The number of carbonyl (C=O) groups excluding carboxylic acids is 2. The second-order valence-corrected chi connectivity index (χ2v) is 12.2. The summed E-state index contributed by atoms with van der Waals surface area (Å²) in [5.74, 6) is -0.948. The van der Waals surface area contributed by atoms with E-state index in [1.807, 2.05) is 13.0 Å². The highest BCUT2D eigenvalue weighted by molar-refractivity contribution is 6.02. The van der Waals surface area contributed by atoms with Crippen molar-refractivity contribution in [3.05, 3.63) is 48.1 Å². The first kappa shape index (κ1) is 36.2. The predicted molar refractivity (Wildman–Crippen MR) is 176 cm³/mol. The Bertz CT molecular complexity index is 1300. The van der Waals surface area contributed by atoms with Crippen LogP contribution in [0.2, 0.25) is 0 Å². The minimum absolute atomic E-state index is 0.0542. The van der Waals surface area contributed by atoms with Crippen molar-refractivity contribution < 1.29 is 43.6 Å². The number of aliphatic hydroxyl groups is 2. The van der Waals surface area contributed by atoms with Crippen molar-refractivity contribution >= 4 is 17.9 Å². The van der Waals surface area contributed by atoms with Crippen LogP contribution >= 0.6 is 0 Å². The molecule has 260 valence electrons. The molecular weight excluding hydrogens is 606 g/mol. The fourth-order valence-corrected chi connectivity index (χ4v) is 7.54. The molecule has 12 nitrogen and oxygen atoms in total. The molecule has 2 amide bonds. The van der Waals surface area contributed by atoms with E-state index in [1.54, 1.807) is 32.2 Å². The molecule has 0 saturated heterocycles. The lowest BCUT2D eigenvalue weighted by Crippen LogP contribution is -2.69. The van der Waals surface area contributed by atoms with Gasteiger partial charge in [-0.15, -0.1) is 6.58 Å². The summed E-state index contributed by atoms with van der Waals surface area (Å²) >= 11 is 0. The highest BCUT2D eigenvalue weighted by Gasteiger charge is 2.65. The van der Waals surface area contributed by atoms with Gasteiger partial charge in [0.15, 0.2) is 0 Å². The van der Waals surface area contributed by atoms with Crippen LogP contribution in [0.5, 0.6) is 11.5 Å². The van der Waals surface area contributed by atoms with Crippen LogP contribution in [0, 0.1) is 17.8 Å². The SMILES string of the molecule is C=CCO[C@@]12Oc3ccc(OC(=O)NCC)cc3[C@H]3[C@H](CCCCO)[C@@H](CCCCO)C=C(C(=NOC)C[C@@H]1N(C)C(=O)OCC)[C@H]32. The molecule has 1 aromatic carbocycles. The second kappa shape index (κ2) is 17.0. The summed E-state index contributed by atoms with van der Waals surface area (Å²) in [6, 6.07) is 4.69. The largest absolute Gasteiger partial charge is 0.459 e. The topological polar surface area (TPSA) is 148 Å². The summed E-state index contributed by atoms with van der Waals surface area (Å²) in [6.45, 7) is 8.46. The average molecular weight is 658 g/mol. The van der Waals surface area contributed by atoms with Crippen molar-refractivity contribution in [3.63, 3.8) is 0 Å².